The van der Waals surface area contributed by atoms with Gasteiger partial charge in [-0.05, 0) is 71.0 Å². The molecule has 0 bridgehead atoms. The molecule has 2 aromatic rings. The highest BCUT2D eigenvalue weighted by Gasteiger charge is 2.17. The van der Waals surface area contributed by atoms with Gasteiger partial charge in [-0.25, -0.2) is 0 Å². The smallest absolute Gasteiger partial charge is 0.261 e. The average Bonchev–Trinajstić information content (AvgIpc) is 2.49. The fourth-order valence-corrected chi connectivity index (χ4v) is 4.09. The van der Waals surface area contributed by atoms with Crippen molar-refractivity contribution in [2.45, 2.75) is 6.92 Å². The van der Waals surface area contributed by atoms with E-state index in [-0.39, 0.29) is 11.0 Å². The minimum atomic E-state index is -0.360. The molecule has 0 unspecified atom stereocenters. The summed E-state index contributed by atoms with van der Waals surface area (Å²) in [5, 5.41) is 5.89. The van der Waals surface area contributed by atoms with Crippen molar-refractivity contribution < 1.29 is 9.53 Å². The molecule has 0 atom stereocenters. The van der Waals surface area contributed by atoms with Gasteiger partial charge in [0, 0.05) is 14.6 Å². The minimum Gasteiger partial charge on any atom is -0.495 e. The fourth-order valence-electron chi connectivity index (χ4n) is 2.03. The summed E-state index contributed by atoms with van der Waals surface area (Å²) in [6.45, 7) is 1.95. The molecule has 0 aliphatic heterocycles. The van der Waals surface area contributed by atoms with Crippen LogP contribution in [0.5, 0.6) is 5.75 Å². The van der Waals surface area contributed by atoms with E-state index < -0.39 is 0 Å². The molecule has 0 spiro atoms. The van der Waals surface area contributed by atoms with E-state index in [9.17, 15) is 4.79 Å². The molecule has 2 N–H and O–H groups in total. The first kappa shape index (κ1) is 19.4. The molecule has 0 radical (unpaired) electrons. The Bertz CT molecular complexity index is 812. The average molecular weight is 537 g/mol. The van der Waals surface area contributed by atoms with Gasteiger partial charge in [-0.15, -0.1) is 0 Å². The summed E-state index contributed by atoms with van der Waals surface area (Å²) >= 11 is 15.4. The molecular formula is C16H13Br3N2O2S. The van der Waals surface area contributed by atoms with E-state index in [1.807, 2.05) is 25.1 Å². The van der Waals surface area contributed by atoms with Crippen molar-refractivity contribution in [2.75, 3.05) is 12.4 Å². The first-order valence-corrected chi connectivity index (χ1v) is 9.52. The third kappa shape index (κ3) is 4.78. The van der Waals surface area contributed by atoms with Crippen LogP contribution < -0.4 is 15.4 Å². The summed E-state index contributed by atoms with van der Waals surface area (Å²) in [5.41, 5.74) is 2.20. The first-order valence-electron chi connectivity index (χ1n) is 6.73. The minimum absolute atomic E-state index is 0.212. The molecule has 0 fully saturated rings. The Kier molecular flexibility index (Phi) is 6.79. The fraction of sp³-hybridized carbons (Fsp3) is 0.125. The van der Waals surface area contributed by atoms with Crippen LogP contribution in [0.25, 0.3) is 0 Å². The number of hydrogen-bond donors (Lipinski definition) is 2. The second kappa shape index (κ2) is 8.42. The van der Waals surface area contributed by atoms with Gasteiger partial charge in [0.25, 0.3) is 5.91 Å². The number of carbonyl (C=O) groups excluding carboxylic acids is 1. The normalized spacial score (nSPS) is 10.2. The van der Waals surface area contributed by atoms with Crippen LogP contribution in [0.4, 0.5) is 5.69 Å². The number of ether oxygens (including phenoxy) is 1. The second-order valence-corrected chi connectivity index (χ2v) is 7.93. The zero-order valence-corrected chi connectivity index (χ0v) is 18.3. The lowest BCUT2D eigenvalue weighted by Gasteiger charge is -2.14. The number of nitrogens with one attached hydrogen (secondary N) is 2. The number of anilines is 1. The molecule has 126 valence electrons. The number of benzene rings is 2. The topological polar surface area (TPSA) is 50.4 Å². The van der Waals surface area contributed by atoms with Gasteiger partial charge >= 0.3 is 0 Å². The van der Waals surface area contributed by atoms with Crippen LogP contribution in [0.3, 0.4) is 0 Å². The van der Waals surface area contributed by atoms with Gasteiger partial charge < -0.3 is 10.1 Å². The lowest BCUT2D eigenvalue weighted by molar-refractivity contribution is 0.0974. The molecule has 2 rings (SSSR count). The van der Waals surface area contributed by atoms with Gasteiger partial charge in [-0.1, -0.05) is 31.9 Å². The maximum Gasteiger partial charge on any atom is 0.261 e. The molecule has 24 heavy (non-hydrogen) atoms. The van der Waals surface area contributed by atoms with Crippen molar-refractivity contribution in [3.8, 4) is 5.75 Å². The summed E-state index contributed by atoms with van der Waals surface area (Å²) in [7, 11) is 1.51. The maximum atomic E-state index is 12.5. The lowest BCUT2D eigenvalue weighted by Crippen LogP contribution is -2.34. The Labute approximate surface area is 170 Å². The van der Waals surface area contributed by atoms with E-state index in [0.717, 1.165) is 20.2 Å². The lowest BCUT2D eigenvalue weighted by atomic mass is 10.2. The van der Waals surface area contributed by atoms with Gasteiger partial charge in [-0.3, -0.25) is 10.1 Å². The van der Waals surface area contributed by atoms with E-state index in [1.54, 1.807) is 12.1 Å². The van der Waals surface area contributed by atoms with Crippen molar-refractivity contribution in [2.24, 2.45) is 0 Å². The zero-order chi connectivity index (χ0) is 17.9. The van der Waals surface area contributed by atoms with Crippen molar-refractivity contribution >= 4 is 76.7 Å². The Morgan fingerprint density at radius 3 is 2.46 bits per heavy atom. The molecule has 2 aromatic carbocycles. The standard InChI is InChI=1S/C16H13Br3N2O2S/c1-8-5-9(17)3-4-13(8)20-16(24)21-15(22)11-6-10(18)7-12(19)14(11)23-2/h3-7H,1-2H3,(H2,20,21,22,24). The van der Waals surface area contributed by atoms with Gasteiger partial charge in [0.1, 0.15) is 5.75 Å². The van der Waals surface area contributed by atoms with Gasteiger partial charge in [0.15, 0.2) is 5.11 Å². The number of carbonyl (C=O) groups is 1. The number of hydrogen-bond acceptors (Lipinski definition) is 3. The van der Waals surface area contributed by atoms with Crippen LogP contribution in [-0.2, 0) is 0 Å². The monoisotopic (exact) mass is 534 g/mol. The number of aryl methyl sites for hydroxylation is 1. The summed E-state index contributed by atoms with van der Waals surface area (Å²) in [6.07, 6.45) is 0. The summed E-state index contributed by atoms with van der Waals surface area (Å²) < 4.78 is 7.69. The van der Waals surface area contributed by atoms with Gasteiger partial charge in [-0.2, -0.15) is 0 Å². The molecule has 0 aliphatic carbocycles. The highest BCUT2D eigenvalue weighted by Crippen LogP contribution is 2.32. The van der Waals surface area contributed by atoms with Gasteiger partial charge in [0.2, 0.25) is 0 Å². The van der Waals surface area contributed by atoms with Crippen LogP contribution in [0.1, 0.15) is 15.9 Å². The van der Waals surface area contributed by atoms with E-state index >= 15 is 0 Å². The molecule has 4 nitrogen and oxygen atoms in total. The predicted octanol–water partition coefficient (Wildman–Crippen LogP) is 5.42. The molecule has 0 heterocycles. The van der Waals surface area contributed by atoms with Crippen LogP contribution in [0.15, 0.2) is 43.7 Å². The van der Waals surface area contributed by atoms with E-state index in [1.165, 1.54) is 7.11 Å². The molecule has 0 saturated heterocycles. The Morgan fingerprint density at radius 1 is 1.12 bits per heavy atom. The SMILES string of the molecule is COc1c(Br)cc(Br)cc1C(=O)NC(=S)Nc1ccc(Br)cc1C. The van der Waals surface area contributed by atoms with E-state index in [4.69, 9.17) is 17.0 Å². The number of methoxy groups -OCH3 is 1. The Balaban J connectivity index is 2.16. The molecule has 0 saturated carbocycles. The van der Waals surface area contributed by atoms with Crippen molar-refractivity contribution in [1.29, 1.82) is 0 Å². The Hall–Kier alpha value is -0.960. The van der Waals surface area contributed by atoms with Crippen molar-refractivity contribution in [3.63, 3.8) is 0 Å². The number of halogens is 3. The van der Waals surface area contributed by atoms with Crippen molar-refractivity contribution in [3.05, 3.63) is 54.9 Å². The highest BCUT2D eigenvalue weighted by atomic mass is 79.9. The highest BCUT2D eigenvalue weighted by molar-refractivity contribution is 9.11. The summed E-state index contributed by atoms with van der Waals surface area (Å²) in [4.78, 5) is 12.5. The molecule has 0 aliphatic rings. The predicted molar refractivity (Wildman–Crippen MR) is 111 cm³/mol. The quantitative estimate of drug-likeness (QED) is 0.514. The van der Waals surface area contributed by atoms with Crippen LogP contribution in [-0.4, -0.2) is 18.1 Å². The summed E-state index contributed by atoms with van der Waals surface area (Å²) in [6, 6.07) is 9.22. The van der Waals surface area contributed by atoms with Crippen LogP contribution >= 0.6 is 60.0 Å². The molecular weight excluding hydrogens is 524 g/mol. The molecule has 0 aromatic heterocycles. The largest absolute Gasteiger partial charge is 0.495 e. The van der Waals surface area contributed by atoms with Crippen LogP contribution in [0, 0.1) is 6.92 Å². The maximum absolute atomic E-state index is 12.5. The summed E-state index contributed by atoms with van der Waals surface area (Å²) in [5.74, 6) is 0.0828. The van der Waals surface area contributed by atoms with E-state index in [0.29, 0.717) is 15.8 Å². The number of thiocarbonyl (C=S) groups is 1. The van der Waals surface area contributed by atoms with E-state index in [2.05, 4.69) is 58.4 Å². The van der Waals surface area contributed by atoms with Crippen molar-refractivity contribution in [1.82, 2.24) is 5.32 Å². The zero-order valence-electron chi connectivity index (χ0n) is 12.7. The Morgan fingerprint density at radius 2 is 1.83 bits per heavy atom. The third-order valence-corrected chi connectivity index (χ3v) is 4.87. The second-order valence-electron chi connectivity index (χ2n) is 4.84. The molecule has 1 amide bonds. The third-order valence-electron chi connectivity index (χ3n) is 3.12. The number of rotatable bonds is 3. The van der Waals surface area contributed by atoms with Crippen LogP contribution in [0.2, 0.25) is 0 Å². The van der Waals surface area contributed by atoms with Gasteiger partial charge in [0.05, 0.1) is 17.1 Å². The molecule has 8 heteroatoms. The number of amides is 1. The first-order chi connectivity index (χ1) is 11.3.